The van der Waals surface area contributed by atoms with Gasteiger partial charge in [0.15, 0.2) is 5.78 Å². The Morgan fingerprint density at radius 1 is 1.29 bits per heavy atom. The first-order valence-corrected chi connectivity index (χ1v) is 7.14. The topological polar surface area (TPSA) is 33.2 Å². The summed E-state index contributed by atoms with van der Waals surface area (Å²) < 4.78 is 0. The zero-order valence-corrected chi connectivity index (χ0v) is 11.4. The van der Waals surface area contributed by atoms with Gasteiger partial charge in [0.2, 0.25) is 0 Å². The van der Waals surface area contributed by atoms with Gasteiger partial charge in [-0.05, 0) is 31.6 Å². The van der Waals surface area contributed by atoms with Crippen molar-refractivity contribution in [1.29, 1.82) is 0 Å². The van der Waals surface area contributed by atoms with Gasteiger partial charge < -0.3 is 4.90 Å². The highest BCUT2D eigenvalue weighted by molar-refractivity contribution is 7.98. The van der Waals surface area contributed by atoms with E-state index in [9.17, 15) is 4.79 Å². The van der Waals surface area contributed by atoms with Crippen molar-refractivity contribution in [2.75, 3.05) is 25.3 Å². The molecule has 0 saturated heterocycles. The summed E-state index contributed by atoms with van der Waals surface area (Å²) >= 11 is 1.59. The van der Waals surface area contributed by atoms with Gasteiger partial charge in [-0.15, -0.1) is 11.8 Å². The molecule has 1 aliphatic carbocycles. The van der Waals surface area contributed by atoms with E-state index in [-0.39, 0.29) is 5.78 Å². The molecule has 0 fully saturated rings. The van der Waals surface area contributed by atoms with Crippen LogP contribution in [0, 0.1) is 0 Å². The summed E-state index contributed by atoms with van der Waals surface area (Å²) in [5.74, 6) is 0.205. The number of thioether (sulfide) groups is 1. The number of rotatable bonds is 2. The first kappa shape index (κ1) is 12.4. The van der Waals surface area contributed by atoms with Crippen LogP contribution in [0.2, 0.25) is 0 Å². The number of hydrogen-bond acceptors (Lipinski definition) is 4. The Labute approximate surface area is 107 Å². The van der Waals surface area contributed by atoms with Gasteiger partial charge in [0.1, 0.15) is 5.69 Å². The maximum Gasteiger partial charge on any atom is 0.181 e. The maximum atomic E-state index is 12.1. The van der Waals surface area contributed by atoms with Crippen molar-refractivity contribution in [3.8, 4) is 0 Å². The lowest BCUT2D eigenvalue weighted by Gasteiger charge is -2.19. The molecule has 92 valence electrons. The fourth-order valence-electron chi connectivity index (χ4n) is 2.22. The number of nitrogens with zero attached hydrogens (tertiary/aromatic N) is 2. The molecule has 0 atom stereocenters. The molecule has 0 bridgehead atoms. The standard InChI is InChI=1S/C13H18N2OS/c1-15(2)10-8-12(17-3)14-13-9(10)6-4-5-7-11(13)16/h8H,4-7H2,1-3H3. The van der Waals surface area contributed by atoms with E-state index in [2.05, 4.69) is 16.0 Å². The lowest BCUT2D eigenvalue weighted by molar-refractivity contribution is 0.0976. The van der Waals surface area contributed by atoms with Crippen molar-refractivity contribution in [1.82, 2.24) is 4.98 Å². The number of pyridine rings is 1. The summed E-state index contributed by atoms with van der Waals surface area (Å²) in [7, 11) is 4.05. The average Bonchev–Trinajstić information content (AvgIpc) is 2.50. The van der Waals surface area contributed by atoms with Crippen LogP contribution in [0.5, 0.6) is 0 Å². The molecule has 1 heterocycles. The van der Waals surface area contributed by atoms with E-state index in [0.29, 0.717) is 12.1 Å². The largest absolute Gasteiger partial charge is 0.377 e. The molecule has 2 rings (SSSR count). The Hall–Kier alpha value is -1.03. The van der Waals surface area contributed by atoms with Crippen LogP contribution in [0.4, 0.5) is 5.69 Å². The molecule has 0 radical (unpaired) electrons. The van der Waals surface area contributed by atoms with Crippen molar-refractivity contribution >= 4 is 23.2 Å². The van der Waals surface area contributed by atoms with Gasteiger partial charge in [-0.3, -0.25) is 4.79 Å². The lowest BCUT2D eigenvalue weighted by atomic mass is 10.1. The second-order valence-electron chi connectivity index (χ2n) is 4.54. The van der Waals surface area contributed by atoms with E-state index in [0.717, 1.165) is 35.5 Å². The number of aromatic nitrogens is 1. The van der Waals surface area contributed by atoms with Crippen LogP contribution in [0.25, 0.3) is 0 Å². The number of anilines is 1. The fourth-order valence-corrected chi connectivity index (χ4v) is 2.63. The number of Topliss-reactive ketones (excluding diaryl/α,β-unsaturated/α-hetero) is 1. The van der Waals surface area contributed by atoms with Crippen molar-refractivity contribution in [3.05, 3.63) is 17.3 Å². The van der Waals surface area contributed by atoms with E-state index in [4.69, 9.17) is 0 Å². The van der Waals surface area contributed by atoms with E-state index in [1.165, 1.54) is 0 Å². The molecule has 1 aromatic heterocycles. The highest BCUT2D eigenvalue weighted by Gasteiger charge is 2.21. The van der Waals surface area contributed by atoms with E-state index in [1.807, 2.05) is 20.4 Å². The number of carbonyl (C=O) groups is 1. The molecule has 4 heteroatoms. The number of fused-ring (bicyclic) bond motifs is 1. The van der Waals surface area contributed by atoms with Crippen molar-refractivity contribution in [2.45, 2.75) is 30.7 Å². The molecular formula is C13H18N2OS. The molecule has 3 nitrogen and oxygen atoms in total. The molecule has 0 aliphatic heterocycles. The SMILES string of the molecule is CSc1cc(N(C)C)c2c(n1)C(=O)CCCC2. The summed E-state index contributed by atoms with van der Waals surface area (Å²) in [5.41, 5.74) is 2.99. The number of carbonyl (C=O) groups excluding carboxylic acids is 1. The quantitative estimate of drug-likeness (QED) is 0.597. The maximum absolute atomic E-state index is 12.1. The molecule has 0 amide bonds. The third-order valence-electron chi connectivity index (χ3n) is 3.11. The van der Waals surface area contributed by atoms with E-state index >= 15 is 0 Å². The van der Waals surface area contributed by atoms with Crippen molar-refractivity contribution in [3.63, 3.8) is 0 Å². The molecule has 1 aliphatic rings. The minimum Gasteiger partial charge on any atom is -0.377 e. The molecule has 0 unspecified atom stereocenters. The lowest BCUT2D eigenvalue weighted by Crippen LogP contribution is -2.15. The Balaban J connectivity index is 2.60. The minimum absolute atomic E-state index is 0.205. The molecule has 0 saturated carbocycles. The minimum atomic E-state index is 0.205. The zero-order chi connectivity index (χ0) is 12.4. The smallest absolute Gasteiger partial charge is 0.181 e. The van der Waals surface area contributed by atoms with Gasteiger partial charge >= 0.3 is 0 Å². The normalized spacial score (nSPS) is 15.4. The first-order valence-electron chi connectivity index (χ1n) is 5.92. The van der Waals surface area contributed by atoms with Gasteiger partial charge in [-0.1, -0.05) is 0 Å². The Morgan fingerprint density at radius 2 is 2.00 bits per heavy atom. The van der Waals surface area contributed by atoms with Crippen LogP contribution in [-0.4, -0.2) is 31.1 Å². The van der Waals surface area contributed by atoms with Gasteiger partial charge in [-0.25, -0.2) is 4.98 Å². The van der Waals surface area contributed by atoms with Crippen molar-refractivity contribution < 1.29 is 4.79 Å². The van der Waals surface area contributed by atoms with Crippen LogP contribution in [0.1, 0.15) is 35.3 Å². The molecule has 0 aromatic carbocycles. The first-order chi connectivity index (χ1) is 8.13. The second kappa shape index (κ2) is 5.08. The monoisotopic (exact) mass is 250 g/mol. The summed E-state index contributed by atoms with van der Waals surface area (Å²) in [5, 5.41) is 0.933. The van der Waals surface area contributed by atoms with Gasteiger partial charge in [0, 0.05) is 31.8 Å². The van der Waals surface area contributed by atoms with Crippen LogP contribution >= 0.6 is 11.8 Å². The van der Waals surface area contributed by atoms with Gasteiger partial charge in [0.25, 0.3) is 0 Å². The molecule has 0 spiro atoms. The summed E-state index contributed by atoms with van der Waals surface area (Å²) in [6.07, 6.45) is 5.67. The predicted molar refractivity (Wildman–Crippen MR) is 72.2 cm³/mol. The highest BCUT2D eigenvalue weighted by atomic mass is 32.2. The average molecular weight is 250 g/mol. The molecule has 17 heavy (non-hydrogen) atoms. The van der Waals surface area contributed by atoms with Crippen LogP contribution in [0.15, 0.2) is 11.1 Å². The number of hydrogen-bond donors (Lipinski definition) is 0. The Bertz CT molecular complexity index is 443. The molecular weight excluding hydrogens is 232 g/mol. The van der Waals surface area contributed by atoms with Crippen LogP contribution < -0.4 is 4.90 Å². The Kier molecular flexibility index (Phi) is 3.72. The van der Waals surface area contributed by atoms with Crippen LogP contribution in [0.3, 0.4) is 0 Å². The third kappa shape index (κ3) is 2.46. The molecule has 0 N–H and O–H groups in total. The Morgan fingerprint density at radius 3 is 2.65 bits per heavy atom. The third-order valence-corrected chi connectivity index (χ3v) is 3.74. The predicted octanol–water partition coefficient (Wildman–Crippen LogP) is 2.78. The zero-order valence-electron chi connectivity index (χ0n) is 10.6. The van der Waals surface area contributed by atoms with E-state index in [1.54, 1.807) is 11.8 Å². The highest BCUT2D eigenvalue weighted by Crippen LogP contribution is 2.30. The van der Waals surface area contributed by atoms with E-state index < -0.39 is 0 Å². The second-order valence-corrected chi connectivity index (χ2v) is 5.36. The summed E-state index contributed by atoms with van der Waals surface area (Å²) in [6, 6.07) is 2.09. The van der Waals surface area contributed by atoms with Gasteiger partial charge in [0.05, 0.1) is 5.03 Å². The summed E-state index contributed by atoms with van der Waals surface area (Å²) in [4.78, 5) is 18.6. The number of ketones is 1. The van der Waals surface area contributed by atoms with Crippen LogP contribution in [-0.2, 0) is 6.42 Å². The summed E-state index contributed by atoms with van der Waals surface area (Å²) in [6.45, 7) is 0. The molecule has 1 aromatic rings. The fraction of sp³-hybridized carbons (Fsp3) is 0.538. The van der Waals surface area contributed by atoms with Crippen molar-refractivity contribution in [2.24, 2.45) is 0 Å². The van der Waals surface area contributed by atoms with Gasteiger partial charge in [-0.2, -0.15) is 0 Å².